The second-order valence-corrected chi connectivity index (χ2v) is 4.96. The van der Waals surface area contributed by atoms with Gasteiger partial charge in [-0.3, -0.25) is 4.99 Å². The second kappa shape index (κ2) is 7.62. The Kier molecular flexibility index (Phi) is 5.55. The van der Waals surface area contributed by atoms with Crippen LogP contribution < -0.4 is 0 Å². The van der Waals surface area contributed by atoms with Crippen molar-refractivity contribution in [1.82, 2.24) is 0 Å². The largest absolute Gasteiger partial charge is 0.484 e. The number of nitrogens with zero attached hydrogens (tertiary/aromatic N) is 1. The predicted molar refractivity (Wildman–Crippen MR) is 83.5 cm³/mol. The molecule has 0 saturated heterocycles. The molecule has 0 amide bonds. The lowest BCUT2D eigenvalue weighted by Crippen LogP contribution is -2.13. The van der Waals surface area contributed by atoms with E-state index in [1.165, 1.54) is 7.11 Å². The summed E-state index contributed by atoms with van der Waals surface area (Å²) in [7, 11) is 3.05. The Bertz CT molecular complexity index is 549. The van der Waals surface area contributed by atoms with Crippen molar-refractivity contribution >= 4 is 17.9 Å². The van der Waals surface area contributed by atoms with E-state index >= 15 is 0 Å². The summed E-state index contributed by atoms with van der Waals surface area (Å²) in [5.41, 5.74) is 1.42. The number of carbonyl (C=O) groups is 1. The number of hydrogen-bond acceptors (Lipinski definition) is 4. The van der Waals surface area contributed by atoms with Crippen LogP contribution in [0.25, 0.3) is 6.08 Å². The van der Waals surface area contributed by atoms with E-state index in [-0.39, 0.29) is 11.9 Å². The predicted octanol–water partition coefficient (Wildman–Crippen LogP) is 3.33. The number of benzene rings is 1. The molecule has 1 aliphatic heterocycles. The lowest BCUT2D eigenvalue weighted by atomic mass is 9.99. The number of ether oxygens (including phenoxy) is 2. The summed E-state index contributed by atoms with van der Waals surface area (Å²) < 4.78 is 10.2. The van der Waals surface area contributed by atoms with Crippen molar-refractivity contribution in [3.63, 3.8) is 0 Å². The summed E-state index contributed by atoms with van der Waals surface area (Å²) in [4.78, 5) is 16.2. The van der Waals surface area contributed by atoms with Crippen LogP contribution >= 0.6 is 0 Å². The summed E-state index contributed by atoms with van der Waals surface area (Å²) in [6.45, 7) is 0.826. The summed E-state index contributed by atoms with van der Waals surface area (Å²) in [5, 5.41) is 0. The highest BCUT2D eigenvalue weighted by molar-refractivity contribution is 5.93. The molecular weight excluding hydrogens is 266 g/mol. The van der Waals surface area contributed by atoms with Crippen LogP contribution in [0.5, 0.6) is 0 Å². The Balaban J connectivity index is 2.22. The van der Waals surface area contributed by atoms with Crippen LogP contribution in [0.1, 0.15) is 35.2 Å². The Morgan fingerprint density at radius 1 is 1.29 bits per heavy atom. The molecule has 4 nitrogen and oxygen atoms in total. The summed E-state index contributed by atoms with van der Waals surface area (Å²) in [5.74, 6) is 0.624. The molecule has 1 aromatic carbocycles. The Labute approximate surface area is 125 Å². The van der Waals surface area contributed by atoms with Crippen LogP contribution in [-0.4, -0.2) is 32.6 Å². The fraction of sp³-hybridized carbons (Fsp3) is 0.412. The van der Waals surface area contributed by atoms with Crippen molar-refractivity contribution < 1.29 is 14.3 Å². The van der Waals surface area contributed by atoms with Crippen LogP contribution in [0.2, 0.25) is 0 Å². The smallest absolute Gasteiger partial charge is 0.338 e. The minimum Gasteiger partial charge on any atom is -0.484 e. The van der Waals surface area contributed by atoms with Gasteiger partial charge in [0.15, 0.2) is 5.90 Å². The van der Waals surface area contributed by atoms with Crippen molar-refractivity contribution in [3.8, 4) is 0 Å². The fourth-order valence-electron chi connectivity index (χ4n) is 2.46. The summed E-state index contributed by atoms with van der Waals surface area (Å²) in [6.07, 6.45) is 7.26. The molecule has 1 unspecified atom stereocenters. The monoisotopic (exact) mass is 287 g/mol. The van der Waals surface area contributed by atoms with Gasteiger partial charge in [-0.25, -0.2) is 4.79 Å². The number of rotatable bonds is 3. The minimum absolute atomic E-state index is 0.170. The molecule has 0 radical (unpaired) electrons. The zero-order chi connectivity index (χ0) is 15.1. The molecule has 112 valence electrons. The third kappa shape index (κ3) is 3.94. The van der Waals surface area contributed by atoms with E-state index in [9.17, 15) is 4.79 Å². The van der Waals surface area contributed by atoms with Crippen LogP contribution in [-0.2, 0) is 9.47 Å². The number of methoxy groups -OCH3 is 2. The van der Waals surface area contributed by atoms with Gasteiger partial charge in [-0.05, 0) is 24.5 Å². The van der Waals surface area contributed by atoms with Crippen LogP contribution in [0, 0.1) is 5.92 Å². The van der Waals surface area contributed by atoms with Crippen molar-refractivity contribution in [2.45, 2.75) is 19.3 Å². The van der Waals surface area contributed by atoms with Gasteiger partial charge in [0, 0.05) is 6.54 Å². The van der Waals surface area contributed by atoms with Gasteiger partial charge in [0.25, 0.3) is 0 Å². The number of aliphatic imine (C=N–C) groups is 1. The Hall–Kier alpha value is -2.10. The maximum absolute atomic E-state index is 11.8. The molecule has 1 aliphatic rings. The zero-order valence-corrected chi connectivity index (χ0v) is 12.5. The molecular formula is C17H21NO3. The molecule has 0 spiro atoms. The van der Waals surface area contributed by atoms with Crippen molar-refractivity contribution in [2.75, 3.05) is 20.8 Å². The molecule has 4 heteroatoms. The summed E-state index contributed by atoms with van der Waals surface area (Å²) >= 11 is 0. The van der Waals surface area contributed by atoms with Gasteiger partial charge in [-0.2, -0.15) is 0 Å². The van der Waals surface area contributed by atoms with E-state index < -0.39 is 0 Å². The van der Waals surface area contributed by atoms with E-state index in [4.69, 9.17) is 9.47 Å². The number of esters is 1. The van der Waals surface area contributed by atoms with Gasteiger partial charge in [-0.1, -0.05) is 36.8 Å². The third-order valence-corrected chi connectivity index (χ3v) is 3.59. The molecule has 1 aromatic rings. The molecule has 0 saturated carbocycles. The number of hydrogen-bond donors (Lipinski definition) is 0. The average molecular weight is 287 g/mol. The van der Waals surface area contributed by atoms with E-state index in [2.05, 4.69) is 11.1 Å². The SMILES string of the molecule is COC(=O)c1ccccc1/C=C/C1CCCCN=C1OC. The van der Waals surface area contributed by atoms with Gasteiger partial charge in [0.1, 0.15) is 0 Å². The van der Waals surface area contributed by atoms with Crippen LogP contribution in [0.15, 0.2) is 35.3 Å². The lowest BCUT2D eigenvalue weighted by Gasteiger charge is -2.12. The first-order chi connectivity index (χ1) is 10.3. The molecule has 0 aliphatic carbocycles. The van der Waals surface area contributed by atoms with E-state index in [0.29, 0.717) is 5.56 Å². The number of carbonyl (C=O) groups excluding carboxylic acids is 1. The Morgan fingerprint density at radius 3 is 2.86 bits per heavy atom. The Morgan fingerprint density at radius 2 is 2.10 bits per heavy atom. The molecule has 0 aromatic heterocycles. The molecule has 0 fully saturated rings. The first-order valence-electron chi connectivity index (χ1n) is 7.20. The molecule has 0 bridgehead atoms. The highest BCUT2D eigenvalue weighted by atomic mass is 16.5. The molecule has 1 heterocycles. The second-order valence-electron chi connectivity index (χ2n) is 4.96. The van der Waals surface area contributed by atoms with Gasteiger partial charge in [0.05, 0.1) is 25.7 Å². The first-order valence-corrected chi connectivity index (χ1v) is 7.20. The van der Waals surface area contributed by atoms with E-state index in [1.54, 1.807) is 13.2 Å². The zero-order valence-electron chi connectivity index (χ0n) is 12.5. The van der Waals surface area contributed by atoms with Gasteiger partial charge in [0.2, 0.25) is 0 Å². The normalized spacial score (nSPS) is 19.0. The fourth-order valence-corrected chi connectivity index (χ4v) is 2.46. The maximum atomic E-state index is 11.8. The molecule has 0 N–H and O–H groups in total. The van der Waals surface area contributed by atoms with E-state index in [1.807, 2.05) is 24.3 Å². The van der Waals surface area contributed by atoms with Crippen molar-refractivity contribution in [1.29, 1.82) is 0 Å². The minimum atomic E-state index is -0.322. The lowest BCUT2D eigenvalue weighted by molar-refractivity contribution is 0.0600. The first kappa shape index (κ1) is 15.3. The molecule has 2 rings (SSSR count). The average Bonchev–Trinajstić information content (AvgIpc) is 2.77. The van der Waals surface area contributed by atoms with Crippen molar-refractivity contribution in [3.05, 3.63) is 41.5 Å². The highest BCUT2D eigenvalue weighted by Crippen LogP contribution is 2.20. The van der Waals surface area contributed by atoms with Crippen LogP contribution in [0.4, 0.5) is 0 Å². The maximum Gasteiger partial charge on any atom is 0.338 e. The van der Waals surface area contributed by atoms with Gasteiger partial charge >= 0.3 is 5.97 Å². The van der Waals surface area contributed by atoms with Crippen molar-refractivity contribution in [2.24, 2.45) is 10.9 Å². The van der Waals surface area contributed by atoms with Gasteiger partial charge < -0.3 is 9.47 Å². The van der Waals surface area contributed by atoms with Gasteiger partial charge in [-0.15, -0.1) is 0 Å². The topological polar surface area (TPSA) is 47.9 Å². The molecule has 1 atom stereocenters. The highest BCUT2D eigenvalue weighted by Gasteiger charge is 2.16. The standard InChI is InChI=1S/C17H21NO3/c1-20-16-14(8-5-6-12-18-16)11-10-13-7-3-4-9-15(13)17(19)21-2/h3-4,7,9-11,14H,5-6,8,12H2,1-2H3/b11-10+. The van der Waals surface area contributed by atoms with E-state index in [0.717, 1.165) is 37.3 Å². The third-order valence-electron chi connectivity index (χ3n) is 3.59. The summed E-state index contributed by atoms with van der Waals surface area (Å²) in [6, 6.07) is 7.41. The molecule has 21 heavy (non-hydrogen) atoms. The van der Waals surface area contributed by atoms with Crippen LogP contribution in [0.3, 0.4) is 0 Å². The quantitative estimate of drug-likeness (QED) is 0.801.